The lowest BCUT2D eigenvalue weighted by atomic mass is 10.1. The van der Waals surface area contributed by atoms with Crippen LogP contribution in [0.25, 0.3) is 21.7 Å². The van der Waals surface area contributed by atoms with Gasteiger partial charge in [0.15, 0.2) is 0 Å². The van der Waals surface area contributed by atoms with Crippen LogP contribution >= 0.6 is 11.3 Å². The number of non-ortho nitro benzene ring substituents is 2. The Kier molecular flexibility index (Phi) is 6.18. The average molecular weight is 460 g/mol. The first-order valence-corrected chi connectivity index (χ1v) is 10.4. The number of aliphatic imine (C=N–C) groups is 1. The van der Waals surface area contributed by atoms with Crippen LogP contribution < -0.4 is 4.74 Å². The van der Waals surface area contributed by atoms with Crippen LogP contribution in [0.5, 0.6) is 5.75 Å². The van der Waals surface area contributed by atoms with Crippen molar-refractivity contribution in [2.24, 2.45) is 4.99 Å². The molecule has 164 valence electrons. The lowest BCUT2D eigenvalue weighted by Gasteiger charge is -2.04. The summed E-state index contributed by atoms with van der Waals surface area (Å²) in [6, 6.07) is 19.7. The van der Waals surface area contributed by atoms with E-state index in [0.717, 1.165) is 16.0 Å². The molecule has 4 rings (SSSR count). The standard InChI is InChI=1S/C23H16N4O5S/c1-32-20-12-6-16(7-13-20)21-22(17-4-10-19(11-5-17)27(30)31)33-23(25-21)24-14-15-2-8-18(9-3-15)26(28)29/h2-14H,1H3. The van der Waals surface area contributed by atoms with E-state index in [4.69, 9.17) is 4.74 Å². The number of rotatable bonds is 7. The Morgan fingerprint density at radius 3 is 1.94 bits per heavy atom. The van der Waals surface area contributed by atoms with Gasteiger partial charge in [0.1, 0.15) is 5.75 Å². The van der Waals surface area contributed by atoms with Crippen molar-refractivity contribution >= 4 is 34.1 Å². The molecule has 0 amide bonds. The van der Waals surface area contributed by atoms with Gasteiger partial charge in [-0.3, -0.25) is 20.2 Å². The van der Waals surface area contributed by atoms with Gasteiger partial charge in [0, 0.05) is 36.0 Å². The summed E-state index contributed by atoms with van der Waals surface area (Å²) in [5, 5.41) is 22.3. The molecule has 0 spiro atoms. The number of methoxy groups -OCH3 is 1. The van der Waals surface area contributed by atoms with Crippen LogP contribution in [0, 0.1) is 20.2 Å². The van der Waals surface area contributed by atoms with Crippen LogP contribution in [0.2, 0.25) is 0 Å². The van der Waals surface area contributed by atoms with Gasteiger partial charge in [-0.2, -0.15) is 0 Å². The molecule has 0 atom stereocenters. The topological polar surface area (TPSA) is 121 Å². The zero-order valence-electron chi connectivity index (χ0n) is 17.2. The first kappa shape index (κ1) is 21.8. The molecule has 0 saturated heterocycles. The molecule has 0 radical (unpaired) electrons. The molecule has 10 heteroatoms. The zero-order chi connectivity index (χ0) is 23.4. The van der Waals surface area contributed by atoms with Gasteiger partial charge in [0.25, 0.3) is 11.4 Å². The maximum absolute atomic E-state index is 11.0. The van der Waals surface area contributed by atoms with E-state index in [9.17, 15) is 20.2 Å². The second-order valence-electron chi connectivity index (χ2n) is 6.81. The quantitative estimate of drug-likeness (QED) is 0.188. The SMILES string of the molecule is COc1ccc(-c2nc(N=Cc3ccc([N+](=O)[O-])cc3)sc2-c2ccc([N+](=O)[O-])cc2)cc1. The van der Waals surface area contributed by atoms with Gasteiger partial charge in [-0.1, -0.05) is 11.3 Å². The van der Waals surface area contributed by atoms with Crippen molar-refractivity contribution in [2.45, 2.75) is 0 Å². The monoisotopic (exact) mass is 460 g/mol. The lowest BCUT2D eigenvalue weighted by Crippen LogP contribution is -1.88. The van der Waals surface area contributed by atoms with E-state index in [-0.39, 0.29) is 11.4 Å². The molecule has 0 bridgehead atoms. The number of nitro groups is 2. The highest BCUT2D eigenvalue weighted by Gasteiger charge is 2.16. The smallest absolute Gasteiger partial charge is 0.269 e. The molecule has 1 aromatic heterocycles. The highest BCUT2D eigenvalue weighted by Crippen LogP contribution is 2.40. The van der Waals surface area contributed by atoms with Gasteiger partial charge in [0.2, 0.25) is 5.13 Å². The molecule has 0 aliphatic carbocycles. The van der Waals surface area contributed by atoms with Crippen LogP contribution in [-0.2, 0) is 0 Å². The molecule has 4 aromatic rings. The van der Waals surface area contributed by atoms with E-state index >= 15 is 0 Å². The molecule has 0 N–H and O–H groups in total. The number of nitrogens with zero attached hydrogens (tertiary/aromatic N) is 4. The summed E-state index contributed by atoms with van der Waals surface area (Å²) in [5.41, 5.74) is 3.01. The fraction of sp³-hybridized carbons (Fsp3) is 0.0435. The zero-order valence-corrected chi connectivity index (χ0v) is 18.1. The number of thiazole rings is 1. The van der Waals surface area contributed by atoms with E-state index in [1.165, 1.54) is 35.6 Å². The van der Waals surface area contributed by atoms with Crippen molar-refractivity contribution in [1.29, 1.82) is 0 Å². The van der Waals surface area contributed by atoms with Crippen LogP contribution in [-0.4, -0.2) is 28.2 Å². The van der Waals surface area contributed by atoms with E-state index in [1.54, 1.807) is 37.6 Å². The Balaban J connectivity index is 1.72. The van der Waals surface area contributed by atoms with Crippen molar-refractivity contribution in [3.05, 3.63) is 98.6 Å². The van der Waals surface area contributed by atoms with E-state index < -0.39 is 9.85 Å². The second-order valence-corrected chi connectivity index (χ2v) is 7.79. The average Bonchev–Trinajstić information content (AvgIpc) is 3.27. The normalized spacial score (nSPS) is 10.9. The molecular formula is C23H16N4O5S. The Morgan fingerprint density at radius 1 is 0.848 bits per heavy atom. The fourth-order valence-electron chi connectivity index (χ4n) is 3.05. The summed E-state index contributed by atoms with van der Waals surface area (Å²) in [7, 11) is 1.59. The van der Waals surface area contributed by atoms with Gasteiger partial charge in [-0.05, 0) is 59.7 Å². The van der Waals surface area contributed by atoms with Crippen LogP contribution in [0.3, 0.4) is 0 Å². The maximum Gasteiger partial charge on any atom is 0.269 e. The molecule has 1 heterocycles. The van der Waals surface area contributed by atoms with Gasteiger partial charge in [0.05, 0.1) is 27.5 Å². The Hall–Kier alpha value is -4.44. The molecule has 3 aromatic carbocycles. The number of ether oxygens (including phenoxy) is 1. The lowest BCUT2D eigenvalue weighted by molar-refractivity contribution is -0.385. The Bertz CT molecular complexity index is 1330. The summed E-state index contributed by atoms with van der Waals surface area (Å²) in [6.07, 6.45) is 1.58. The van der Waals surface area contributed by atoms with Crippen molar-refractivity contribution in [2.75, 3.05) is 7.11 Å². The van der Waals surface area contributed by atoms with Crippen molar-refractivity contribution in [3.63, 3.8) is 0 Å². The van der Waals surface area contributed by atoms with Gasteiger partial charge in [-0.15, -0.1) is 0 Å². The summed E-state index contributed by atoms with van der Waals surface area (Å²) in [4.78, 5) is 30.8. The van der Waals surface area contributed by atoms with E-state index in [2.05, 4.69) is 9.98 Å². The third kappa shape index (κ3) is 4.91. The molecule has 33 heavy (non-hydrogen) atoms. The van der Waals surface area contributed by atoms with E-state index in [1.807, 2.05) is 24.3 Å². The third-order valence-electron chi connectivity index (χ3n) is 4.75. The van der Waals surface area contributed by atoms with Crippen molar-refractivity contribution in [1.82, 2.24) is 4.98 Å². The summed E-state index contributed by atoms with van der Waals surface area (Å²) in [6.45, 7) is 0. The summed E-state index contributed by atoms with van der Waals surface area (Å²) >= 11 is 1.34. The molecule has 0 saturated carbocycles. The minimum Gasteiger partial charge on any atom is -0.497 e. The first-order chi connectivity index (χ1) is 15.9. The van der Waals surface area contributed by atoms with Gasteiger partial charge >= 0.3 is 0 Å². The third-order valence-corrected chi connectivity index (χ3v) is 5.76. The number of aromatic nitrogens is 1. The van der Waals surface area contributed by atoms with Gasteiger partial charge in [-0.25, -0.2) is 9.98 Å². The number of hydrogen-bond donors (Lipinski definition) is 0. The molecule has 0 aliphatic heterocycles. The fourth-order valence-corrected chi connectivity index (χ4v) is 3.99. The number of benzene rings is 3. The minimum atomic E-state index is -0.459. The highest BCUT2D eigenvalue weighted by molar-refractivity contribution is 7.19. The van der Waals surface area contributed by atoms with E-state index in [0.29, 0.717) is 22.1 Å². The predicted molar refractivity (Wildman–Crippen MR) is 127 cm³/mol. The van der Waals surface area contributed by atoms with Gasteiger partial charge < -0.3 is 4.74 Å². The minimum absolute atomic E-state index is 0.00338. The second kappa shape index (κ2) is 9.37. The van der Waals surface area contributed by atoms with Crippen LogP contribution in [0.15, 0.2) is 77.8 Å². The Labute approximate surface area is 192 Å². The van der Waals surface area contributed by atoms with Crippen LogP contribution in [0.1, 0.15) is 5.56 Å². The molecule has 0 unspecified atom stereocenters. The van der Waals surface area contributed by atoms with Crippen LogP contribution in [0.4, 0.5) is 16.5 Å². The molecule has 9 nitrogen and oxygen atoms in total. The maximum atomic E-state index is 11.0. The predicted octanol–water partition coefficient (Wildman–Crippen LogP) is 6.05. The first-order valence-electron chi connectivity index (χ1n) is 9.63. The molecular weight excluding hydrogens is 444 g/mol. The largest absolute Gasteiger partial charge is 0.497 e. The summed E-state index contributed by atoms with van der Waals surface area (Å²) < 4.78 is 5.22. The molecule has 0 fully saturated rings. The number of hydrogen-bond acceptors (Lipinski definition) is 8. The Morgan fingerprint density at radius 2 is 1.39 bits per heavy atom. The highest BCUT2D eigenvalue weighted by atomic mass is 32.1. The summed E-state index contributed by atoms with van der Waals surface area (Å²) in [5.74, 6) is 0.710. The van der Waals surface area contributed by atoms with Crippen molar-refractivity contribution < 1.29 is 14.6 Å². The number of nitro benzene ring substituents is 2. The van der Waals surface area contributed by atoms with Crippen molar-refractivity contribution in [3.8, 4) is 27.4 Å². The molecule has 0 aliphatic rings.